The van der Waals surface area contributed by atoms with Crippen LogP contribution >= 0.6 is 0 Å². The van der Waals surface area contributed by atoms with Gasteiger partial charge in [-0.05, 0) is 23.3 Å². The molecule has 0 unspecified atom stereocenters. The molecule has 0 fully saturated rings. The van der Waals surface area contributed by atoms with Crippen molar-refractivity contribution >= 4 is 17.9 Å². The third-order valence-corrected chi connectivity index (χ3v) is 5.01. The largest absolute Gasteiger partial charge is 0.480 e. The number of nitrogens with zero attached hydrogens (tertiary/aromatic N) is 3. The summed E-state index contributed by atoms with van der Waals surface area (Å²) in [6, 6.07) is 10.2. The molecule has 2 atom stereocenters. The van der Waals surface area contributed by atoms with Gasteiger partial charge >= 0.3 is 12.0 Å². The second-order valence-electron chi connectivity index (χ2n) is 7.58. The molecule has 10 nitrogen and oxygen atoms in total. The molecule has 0 aliphatic heterocycles. The number of H-pyrrole nitrogens is 1. The van der Waals surface area contributed by atoms with Crippen LogP contribution in [-0.2, 0) is 29.0 Å². The molecule has 0 radical (unpaired) electrons. The monoisotopic (exact) mass is 450 g/mol. The summed E-state index contributed by atoms with van der Waals surface area (Å²) in [7, 11) is 1.62. The van der Waals surface area contributed by atoms with Gasteiger partial charge in [-0.1, -0.05) is 30.3 Å². The third-order valence-electron chi connectivity index (χ3n) is 5.01. The number of hydrogen-bond acceptors (Lipinski definition) is 5. The molecule has 4 N–H and O–H groups in total. The Morgan fingerprint density at radius 1 is 0.970 bits per heavy atom. The van der Waals surface area contributed by atoms with Crippen LogP contribution in [0.25, 0.3) is 0 Å². The standard InChI is InChI=1S/C23H26N6O4/c1-29(14-17-7-9-24-10-8-17)23(33)28-19(11-16-5-3-2-4-6-16)21(30)27-20(22(31)32)12-18-13-25-15-26-18/h2-10,13,15,19-20H,11-12,14H2,1H3,(H,25,26)(H,27,30)(H,28,33)(H,31,32)/t19-,20-/m0/s1. The van der Waals surface area contributed by atoms with Crippen LogP contribution < -0.4 is 10.6 Å². The molecule has 0 saturated heterocycles. The Balaban J connectivity index is 1.71. The number of nitrogens with one attached hydrogen (secondary N) is 3. The quantitative estimate of drug-likeness (QED) is 0.368. The SMILES string of the molecule is CN(Cc1ccncc1)C(=O)N[C@@H](Cc1ccccc1)C(=O)N[C@@H](Cc1cnc[nH]1)C(=O)O. The van der Waals surface area contributed by atoms with E-state index in [1.165, 1.54) is 17.4 Å². The first-order valence-electron chi connectivity index (χ1n) is 10.4. The van der Waals surface area contributed by atoms with Gasteiger partial charge in [0, 0.05) is 50.7 Å². The van der Waals surface area contributed by atoms with Crippen molar-refractivity contribution in [3.63, 3.8) is 0 Å². The molecule has 0 aliphatic carbocycles. The van der Waals surface area contributed by atoms with Crippen molar-refractivity contribution in [2.75, 3.05) is 7.05 Å². The van der Waals surface area contributed by atoms with E-state index in [1.54, 1.807) is 31.6 Å². The lowest BCUT2D eigenvalue weighted by Gasteiger charge is -2.25. The number of carboxylic acid groups (broad SMARTS) is 1. The lowest BCUT2D eigenvalue weighted by Crippen LogP contribution is -2.54. The summed E-state index contributed by atoms with van der Waals surface area (Å²) in [5, 5.41) is 14.9. The normalized spacial score (nSPS) is 12.4. The molecular formula is C23H26N6O4. The minimum absolute atomic E-state index is 0.0367. The maximum atomic E-state index is 13.1. The van der Waals surface area contributed by atoms with E-state index in [0.29, 0.717) is 12.2 Å². The van der Waals surface area contributed by atoms with Crippen LogP contribution in [0.5, 0.6) is 0 Å². The molecule has 10 heteroatoms. The van der Waals surface area contributed by atoms with E-state index in [2.05, 4.69) is 25.6 Å². The van der Waals surface area contributed by atoms with Crippen molar-refractivity contribution in [1.29, 1.82) is 0 Å². The van der Waals surface area contributed by atoms with Gasteiger partial charge in [-0.25, -0.2) is 14.6 Å². The summed E-state index contributed by atoms with van der Waals surface area (Å²) in [6.45, 7) is 0.325. The molecule has 2 aromatic heterocycles. The summed E-state index contributed by atoms with van der Waals surface area (Å²) >= 11 is 0. The molecule has 3 amide bonds. The summed E-state index contributed by atoms with van der Waals surface area (Å²) in [5.74, 6) is -1.77. The lowest BCUT2D eigenvalue weighted by molar-refractivity contribution is -0.142. The number of rotatable bonds is 10. The van der Waals surface area contributed by atoms with E-state index < -0.39 is 30.0 Å². The van der Waals surface area contributed by atoms with Crippen LogP contribution in [0.15, 0.2) is 67.4 Å². The number of aromatic nitrogens is 3. The molecule has 172 valence electrons. The number of aliphatic carboxylic acids is 1. The zero-order valence-electron chi connectivity index (χ0n) is 18.1. The Bertz CT molecular complexity index is 1040. The van der Waals surface area contributed by atoms with Gasteiger partial charge in [0.15, 0.2) is 0 Å². The predicted octanol–water partition coefficient (Wildman–Crippen LogP) is 1.37. The molecule has 0 bridgehead atoms. The fourth-order valence-electron chi connectivity index (χ4n) is 3.24. The van der Waals surface area contributed by atoms with Crippen LogP contribution in [0.2, 0.25) is 0 Å². The average molecular weight is 450 g/mol. The Hall–Kier alpha value is -4.21. The first-order chi connectivity index (χ1) is 15.9. The molecule has 3 aromatic rings. The van der Waals surface area contributed by atoms with Crippen molar-refractivity contribution in [2.45, 2.75) is 31.5 Å². The molecule has 0 saturated carbocycles. The van der Waals surface area contributed by atoms with E-state index in [-0.39, 0.29) is 12.8 Å². The van der Waals surface area contributed by atoms with Crippen LogP contribution in [0.4, 0.5) is 4.79 Å². The first kappa shape index (κ1) is 23.5. The Morgan fingerprint density at radius 3 is 2.33 bits per heavy atom. The number of benzene rings is 1. The van der Waals surface area contributed by atoms with Crippen LogP contribution in [0.1, 0.15) is 16.8 Å². The second kappa shape index (κ2) is 11.4. The number of carbonyl (C=O) groups excluding carboxylic acids is 2. The maximum Gasteiger partial charge on any atom is 0.326 e. The fraction of sp³-hybridized carbons (Fsp3) is 0.261. The van der Waals surface area contributed by atoms with Gasteiger partial charge in [-0.3, -0.25) is 9.78 Å². The van der Waals surface area contributed by atoms with Gasteiger partial charge in [0.2, 0.25) is 5.91 Å². The lowest BCUT2D eigenvalue weighted by atomic mass is 10.0. The number of pyridine rings is 1. The number of urea groups is 1. The Morgan fingerprint density at radius 2 is 1.70 bits per heavy atom. The van der Waals surface area contributed by atoms with Crippen molar-refractivity contribution in [3.8, 4) is 0 Å². The maximum absolute atomic E-state index is 13.1. The van der Waals surface area contributed by atoms with E-state index in [9.17, 15) is 19.5 Å². The summed E-state index contributed by atoms with van der Waals surface area (Å²) < 4.78 is 0. The van der Waals surface area contributed by atoms with E-state index in [4.69, 9.17) is 0 Å². The summed E-state index contributed by atoms with van der Waals surface area (Å²) in [6.07, 6.45) is 6.45. The molecule has 2 heterocycles. The topological polar surface area (TPSA) is 140 Å². The highest BCUT2D eigenvalue weighted by atomic mass is 16.4. The zero-order valence-corrected chi connectivity index (χ0v) is 18.1. The summed E-state index contributed by atoms with van der Waals surface area (Å²) in [4.78, 5) is 49.7. The van der Waals surface area contributed by atoms with Crippen molar-refractivity contribution in [1.82, 2.24) is 30.5 Å². The fourth-order valence-corrected chi connectivity index (χ4v) is 3.24. The second-order valence-corrected chi connectivity index (χ2v) is 7.58. The highest BCUT2D eigenvalue weighted by Gasteiger charge is 2.28. The molecule has 0 aliphatic rings. The zero-order chi connectivity index (χ0) is 23.6. The first-order valence-corrected chi connectivity index (χ1v) is 10.4. The molecule has 33 heavy (non-hydrogen) atoms. The predicted molar refractivity (Wildman–Crippen MR) is 120 cm³/mol. The Kier molecular flexibility index (Phi) is 8.12. The van der Waals surface area contributed by atoms with Crippen molar-refractivity contribution in [3.05, 3.63) is 84.2 Å². The van der Waals surface area contributed by atoms with E-state index in [0.717, 1.165) is 11.1 Å². The molecule has 0 spiro atoms. The minimum Gasteiger partial charge on any atom is -0.480 e. The van der Waals surface area contributed by atoms with Gasteiger partial charge < -0.3 is 25.6 Å². The summed E-state index contributed by atoms with van der Waals surface area (Å²) in [5.41, 5.74) is 2.29. The van der Waals surface area contributed by atoms with Gasteiger partial charge in [0.05, 0.1) is 6.33 Å². The van der Waals surface area contributed by atoms with Crippen molar-refractivity contribution in [2.24, 2.45) is 0 Å². The van der Waals surface area contributed by atoms with Gasteiger partial charge in [-0.15, -0.1) is 0 Å². The van der Waals surface area contributed by atoms with Crippen LogP contribution in [-0.4, -0.2) is 62.0 Å². The van der Waals surface area contributed by atoms with Crippen LogP contribution in [0.3, 0.4) is 0 Å². The van der Waals surface area contributed by atoms with Crippen LogP contribution in [0, 0.1) is 0 Å². The highest BCUT2D eigenvalue weighted by molar-refractivity contribution is 5.90. The number of carbonyl (C=O) groups is 3. The van der Waals surface area contributed by atoms with Gasteiger partial charge in [-0.2, -0.15) is 0 Å². The number of aromatic amines is 1. The number of amides is 3. The van der Waals surface area contributed by atoms with E-state index in [1.807, 2.05) is 30.3 Å². The third kappa shape index (κ3) is 7.17. The number of imidazole rings is 1. The molecule has 3 rings (SSSR count). The van der Waals surface area contributed by atoms with Gasteiger partial charge in [0.1, 0.15) is 12.1 Å². The Labute approximate surface area is 191 Å². The molecular weight excluding hydrogens is 424 g/mol. The smallest absolute Gasteiger partial charge is 0.326 e. The van der Waals surface area contributed by atoms with Crippen molar-refractivity contribution < 1.29 is 19.5 Å². The van der Waals surface area contributed by atoms with Gasteiger partial charge in [0.25, 0.3) is 0 Å². The number of carboxylic acids is 1. The highest BCUT2D eigenvalue weighted by Crippen LogP contribution is 2.07. The average Bonchev–Trinajstić information content (AvgIpc) is 3.32. The molecule has 1 aromatic carbocycles. The minimum atomic E-state index is -1.18. The van der Waals surface area contributed by atoms with E-state index >= 15 is 0 Å². The number of hydrogen-bond donors (Lipinski definition) is 4.